The first-order valence-corrected chi connectivity index (χ1v) is 7.11. The van der Waals surface area contributed by atoms with Crippen LogP contribution in [0.3, 0.4) is 0 Å². The van der Waals surface area contributed by atoms with Crippen molar-refractivity contribution < 1.29 is 9.18 Å². The van der Waals surface area contributed by atoms with Gasteiger partial charge in [0.15, 0.2) is 5.82 Å². The molecule has 0 spiro atoms. The fourth-order valence-electron chi connectivity index (χ4n) is 2.52. The summed E-state index contributed by atoms with van der Waals surface area (Å²) in [6, 6.07) is 10.2. The number of fused-ring (bicyclic) bond motifs is 1. The third-order valence-corrected chi connectivity index (χ3v) is 3.88. The van der Waals surface area contributed by atoms with E-state index in [-0.39, 0.29) is 10.6 Å². The Kier molecular flexibility index (Phi) is 3.90. The van der Waals surface area contributed by atoms with Crippen molar-refractivity contribution in [2.75, 3.05) is 11.9 Å². The summed E-state index contributed by atoms with van der Waals surface area (Å²) in [5, 5.41) is 6.01. The number of hydrogen-bond donors (Lipinski definition) is 2. The van der Waals surface area contributed by atoms with Gasteiger partial charge < -0.3 is 10.6 Å². The summed E-state index contributed by atoms with van der Waals surface area (Å²) in [5.41, 5.74) is 2.95. The highest BCUT2D eigenvalue weighted by molar-refractivity contribution is 6.31. The lowest BCUT2D eigenvalue weighted by atomic mass is 9.99. The Hall–Kier alpha value is -1.91. The van der Waals surface area contributed by atoms with Crippen LogP contribution in [0.1, 0.15) is 21.5 Å². The van der Waals surface area contributed by atoms with Crippen LogP contribution in [0.2, 0.25) is 5.02 Å². The van der Waals surface area contributed by atoms with Gasteiger partial charge in [-0.2, -0.15) is 0 Å². The van der Waals surface area contributed by atoms with Gasteiger partial charge in [-0.1, -0.05) is 29.8 Å². The molecular formula is C16H14ClFN2O. The molecule has 108 valence electrons. The Bertz CT molecular complexity index is 703. The first-order chi connectivity index (χ1) is 10.2. The Labute approximate surface area is 127 Å². The van der Waals surface area contributed by atoms with Gasteiger partial charge >= 0.3 is 0 Å². The number of halogens is 2. The molecule has 3 nitrogen and oxygen atoms in total. The van der Waals surface area contributed by atoms with Crippen molar-refractivity contribution in [2.45, 2.75) is 13.0 Å². The van der Waals surface area contributed by atoms with Gasteiger partial charge in [-0.25, -0.2) is 4.39 Å². The van der Waals surface area contributed by atoms with Gasteiger partial charge in [0.2, 0.25) is 0 Å². The maximum absolute atomic E-state index is 13.9. The third-order valence-electron chi connectivity index (χ3n) is 3.58. The zero-order valence-electron chi connectivity index (χ0n) is 11.2. The van der Waals surface area contributed by atoms with Gasteiger partial charge in [-0.15, -0.1) is 0 Å². The van der Waals surface area contributed by atoms with E-state index in [4.69, 9.17) is 11.6 Å². The lowest BCUT2D eigenvalue weighted by Crippen LogP contribution is -2.25. The predicted molar refractivity (Wildman–Crippen MR) is 81.2 cm³/mol. The summed E-state index contributed by atoms with van der Waals surface area (Å²) < 4.78 is 13.9. The van der Waals surface area contributed by atoms with Gasteiger partial charge in [-0.3, -0.25) is 4.79 Å². The first-order valence-electron chi connectivity index (χ1n) is 6.73. The molecule has 2 N–H and O–H groups in total. The summed E-state index contributed by atoms with van der Waals surface area (Å²) in [7, 11) is 0. The van der Waals surface area contributed by atoms with E-state index < -0.39 is 11.7 Å². The summed E-state index contributed by atoms with van der Waals surface area (Å²) in [5.74, 6) is -1.18. The van der Waals surface area contributed by atoms with Crippen LogP contribution in [-0.2, 0) is 13.0 Å². The number of carbonyl (C=O) groups excluding carboxylic acids is 1. The van der Waals surface area contributed by atoms with Crippen LogP contribution in [0.5, 0.6) is 0 Å². The van der Waals surface area contributed by atoms with Gasteiger partial charge in [0, 0.05) is 12.2 Å². The number of hydrogen-bond acceptors (Lipinski definition) is 2. The third kappa shape index (κ3) is 2.77. The van der Waals surface area contributed by atoms with E-state index in [9.17, 15) is 9.18 Å². The van der Waals surface area contributed by atoms with Gasteiger partial charge in [0.25, 0.3) is 5.91 Å². The summed E-state index contributed by atoms with van der Waals surface area (Å²) in [6.07, 6.45) is 0.837. The number of nitrogens with one attached hydrogen (secondary N) is 2. The molecule has 0 bridgehead atoms. The van der Waals surface area contributed by atoms with Crippen molar-refractivity contribution in [1.29, 1.82) is 0 Å². The summed E-state index contributed by atoms with van der Waals surface area (Å²) in [4.78, 5) is 12.2. The lowest BCUT2D eigenvalue weighted by molar-refractivity contribution is 0.102. The van der Waals surface area contributed by atoms with Crippen LogP contribution in [0.4, 0.5) is 10.1 Å². The second kappa shape index (κ2) is 5.84. The van der Waals surface area contributed by atoms with E-state index in [0.717, 1.165) is 36.3 Å². The minimum absolute atomic E-state index is 0.0472. The monoisotopic (exact) mass is 304 g/mol. The zero-order chi connectivity index (χ0) is 14.8. The Morgan fingerprint density at radius 1 is 1.24 bits per heavy atom. The fourth-order valence-corrected chi connectivity index (χ4v) is 2.69. The quantitative estimate of drug-likeness (QED) is 0.893. The largest absolute Gasteiger partial charge is 0.322 e. The molecular weight excluding hydrogens is 291 g/mol. The van der Waals surface area contributed by atoms with Crippen LogP contribution in [0, 0.1) is 5.82 Å². The van der Waals surface area contributed by atoms with Gasteiger partial charge in [0.1, 0.15) is 0 Å². The Morgan fingerprint density at radius 3 is 2.90 bits per heavy atom. The number of benzene rings is 2. The van der Waals surface area contributed by atoms with Crippen LogP contribution in [-0.4, -0.2) is 12.5 Å². The smallest absolute Gasteiger partial charge is 0.258 e. The number of anilines is 1. The van der Waals surface area contributed by atoms with Crippen molar-refractivity contribution in [2.24, 2.45) is 0 Å². The molecule has 0 unspecified atom stereocenters. The van der Waals surface area contributed by atoms with E-state index >= 15 is 0 Å². The predicted octanol–water partition coefficient (Wildman–Crippen LogP) is 3.38. The molecule has 1 heterocycles. The fraction of sp³-hybridized carbons (Fsp3) is 0.188. The molecule has 3 rings (SSSR count). The molecule has 0 radical (unpaired) electrons. The average Bonchev–Trinajstić information content (AvgIpc) is 2.50. The van der Waals surface area contributed by atoms with Gasteiger partial charge in [0.05, 0.1) is 10.6 Å². The molecule has 1 aliphatic heterocycles. The van der Waals surface area contributed by atoms with Crippen LogP contribution >= 0.6 is 11.6 Å². The van der Waals surface area contributed by atoms with Crippen LogP contribution < -0.4 is 10.6 Å². The lowest BCUT2D eigenvalue weighted by Gasteiger charge is -2.20. The number of rotatable bonds is 2. The van der Waals surface area contributed by atoms with E-state index in [0.29, 0.717) is 0 Å². The first kappa shape index (κ1) is 14.0. The molecule has 1 aliphatic rings. The highest BCUT2D eigenvalue weighted by Gasteiger charge is 2.17. The van der Waals surface area contributed by atoms with E-state index in [1.807, 2.05) is 18.2 Å². The molecule has 21 heavy (non-hydrogen) atoms. The van der Waals surface area contributed by atoms with Gasteiger partial charge in [-0.05, 0) is 42.3 Å². The maximum atomic E-state index is 13.9. The second-order valence-electron chi connectivity index (χ2n) is 4.93. The number of carbonyl (C=O) groups is 1. The standard InChI is InChI=1S/C16H14ClFN2O/c17-13-5-2-4-12(15(13)18)16(21)20-14-6-1-3-10-9-19-8-7-11(10)14/h1-6,19H,7-9H2,(H,20,21). The second-order valence-corrected chi connectivity index (χ2v) is 5.33. The highest BCUT2D eigenvalue weighted by Crippen LogP contribution is 2.25. The molecule has 2 aromatic rings. The molecule has 0 fully saturated rings. The van der Waals surface area contributed by atoms with Crippen molar-refractivity contribution in [1.82, 2.24) is 5.32 Å². The summed E-state index contributed by atoms with van der Waals surface area (Å²) >= 11 is 5.71. The van der Waals surface area contributed by atoms with E-state index in [1.54, 1.807) is 6.07 Å². The van der Waals surface area contributed by atoms with Crippen LogP contribution in [0.15, 0.2) is 36.4 Å². The molecule has 2 aromatic carbocycles. The number of amides is 1. The summed E-state index contributed by atoms with van der Waals surface area (Å²) in [6.45, 7) is 1.65. The molecule has 0 atom stereocenters. The molecule has 0 aromatic heterocycles. The molecule has 1 amide bonds. The normalized spacial score (nSPS) is 13.6. The molecule has 0 saturated heterocycles. The van der Waals surface area contributed by atoms with Crippen LogP contribution in [0.25, 0.3) is 0 Å². The highest BCUT2D eigenvalue weighted by atomic mass is 35.5. The zero-order valence-corrected chi connectivity index (χ0v) is 12.0. The topological polar surface area (TPSA) is 41.1 Å². The average molecular weight is 305 g/mol. The van der Waals surface area contributed by atoms with Crippen molar-refractivity contribution in [3.8, 4) is 0 Å². The minimum atomic E-state index is -0.692. The van der Waals surface area contributed by atoms with E-state index in [2.05, 4.69) is 10.6 Å². The van der Waals surface area contributed by atoms with Crippen molar-refractivity contribution in [3.05, 3.63) is 63.9 Å². The molecule has 5 heteroatoms. The minimum Gasteiger partial charge on any atom is -0.322 e. The molecule has 0 aliphatic carbocycles. The Balaban J connectivity index is 1.90. The SMILES string of the molecule is O=C(Nc1cccc2c1CCNC2)c1cccc(Cl)c1F. The maximum Gasteiger partial charge on any atom is 0.258 e. The van der Waals surface area contributed by atoms with Crippen molar-refractivity contribution >= 4 is 23.2 Å². The van der Waals surface area contributed by atoms with E-state index in [1.165, 1.54) is 12.1 Å². The Morgan fingerprint density at radius 2 is 2.05 bits per heavy atom. The van der Waals surface area contributed by atoms with Crippen molar-refractivity contribution in [3.63, 3.8) is 0 Å². The molecule has 0 saturated carbocycles.